The van der Waals surface area contributed by atoms with Gasteiger partial charge in [-0.25, -0.2) is 0 Å². The van der Waals surface area contributed by atoms with E-state index in [-0.39, 0.29) is 11.1 Å². The van der Waals surface area contributed by atoms with E-state index in [9.17, 15) is 4.79 Å². The summed E-state index contributed by atoms with van der Waals surface area (Å²) in [5, 5.41) is 0.218. The molecule has 162 valence electrons. The second-order valence-electron chi connectivity index (χ2n) is 9.48. The van der Waals surface area contributed by atoms with Crippen molar-refractivity contribution in [2.75, 3.05) is 13.7 Å². The third-order valence-electron chi connectivity index (χ3n) is 6.87. The van der Waals surface area contributed by atoms with Gasteiger partial charge in [-0.15, -0.1) is 0 Å². The molecule has 0 heterocycles. The van der Waals surface area contributed by atoms with E-state index in [0.717, 1.165) is 43.9 Å². The number of carbonyl (C=O) groups is 1. The molecule has 0 aliphatic carbocycles. The smallest absolute Gasteiger partial charge is 0.192 e. The summed E-state index contributed by atoms with van der Waals surface area (Å²) >= 11 is 0. The third-order valence-corrected chi connectivity index (χ3v) is 16.1. The van der Waals surface area contributed by atoms with Crippen LogP contribution in [-0.2, 0) is 18.4 Å². The van der Waals surface area contributed by atoms with E-state index < -0.39 is 22.2 Å². The summed E-state index contributed by atoms with van der Waals surface area (Å²) in [6.45, 7) is 20.8. The molecule has 6 heteroatoms. The molecule has 0 bridgehead atoms. The van der Waals surface area contributed by atoms with Crippen LogP contribution >= 0.6 is 0 Å². The zero-order chi connectivity index (χ0) is 21.4. The van der Waals surface area contributed by atoms with Gasteiger partial charge in [0.1, 0.15) is 6.29 Å². The van der Waals surface area contributed by atoms with E-state index in [1.165, 1.54) is 0 Å². The van der Waals surface area contributed by atoms with Crippen molar-refractivity contribution in [2.45, 2.75) is 116 Å². The maximum absolute atomic E-state index is 11.4. The second kappa shape index (κ2) is 11.2. The first-order valence-electron chi connectivity index (χ1n) is 10.7. The molecule has 0 spiro atoms. The van der Waals surface area contributed by atoms with Crippen LogP contribution < -0.4 is 0 Å². The van der Waals surface area contributed by atoms with Gasteiger partial charge in [0.15, 0.2) is 16.6 Å². The first kappa shape index (κ1) is 27.0. The summed E-state index contributed by atoms with van der Waals surface area (Å²) in [6, 6.07) is 3.22. The standard InChI is InChI=1S/C21H46O4Si2/c1-11-27(12-2,13-3)25-19(15-17-22)21(7,23-8)16-14-18-24-26(9,10)20(4,5)6/h17,19H,11-16,18H2,1-10H3/t19-,21-/m1/s1. The van der Waals surface area contributed by atoms with Gasteiger partial charge in [-0.1, -0.05) is 41.5 Å². The monoisotopic (exact) mass is 418 g/mol. The van der Waals surface area contributed by atoms with Gasteiger partial charge in [-0.3, -0.25) is 0 Å². The Hall–Kier alpha value is -0.0162. The van der Waals surface area contributed by atoms with Gasteiger partial charge in [0.25, 0.3) is 0 Å². The van der Waals surface area contributed by atoms with Gasteiger partial charge in [-0.05, 0) is 56.0 Å². The number of hydrogen-bond donors (Lipinski definition) is 0. The summed E-state index contributed by atoms with van der Waals surface area (Å²) in [7, 11) is -1.80. The molecular formula is C21H46O4Si2. The van der Waals surface area contributed by atoms with E-state index in [0.29, 0.717) is 6.42 Å². The van der Waals surface area contributed by atoms with Crippen LogP contribution in [0, 0.1) is 0 Å². The number of ether oxygens (including phenoxy) is 1. The zero-order valence-corrected chi connectivity index (χ0v) is 21.7. The first-order valence-corrected chi connectivity index (χ1v) is 16.1. The highest BCUT2D eigenvalue weighted by Gasteiger charge is 2.41. The number of aldehydes is 1. The molecule has 0 aromatic heterocycles. The minimum atomic E-state index is -1.81. The largest absolute Gasteiger partial charge is 0.417 e. The van der Waals surface area contributed by atoms with E-state index in [1.54, 1.807) is 7.11 Å². The molecule has 0 saturated carbocycles. The molecule has 0 aromatic rings. The number of carbonyl (C=O) groups excluding carboxylic acids is 1. The van der Waals surface area contributed by atoms with Crippen molar-refractivity contribution in [3.8, 4) is 0 Å². The maximum Gasteiger partial charge on any atom is 0.192 e. The van der Waals surface area contributed by atoms with Crippen LogP contribution in [0.15, 0.2) is 0 Å². The lowest BCUT2D eigenvalue weighted by Crippen LogP contribution is -2.51. The van der Waals surface area contributed by atoms with Crippen LogP contribution in [0.3, 0.4) is 0 Å². The molecule has 0 N–H and O–H groups in total. The highest BCUT2D eigenvalue weighted by molar-refractivity contribution is 6.74. The van der Waals surface area contributed by atoms with Crippen LogP contribution in [0.1, 0.15) is 67.7 Å². The summed E-state index contributed by atoms with van der Waals surface area (Å²) in [6.07, 6.45) is 2.93. The van der Waals surface area contributed by atoms with E-state index in [4.69, 9.17) is 13.6 Å². The highest BCUT2D eigenvalue weighted by Crippen LogP contribution is 2.37. The second-order valence-corrected chi connectivity index (χ2v) is 19.0. The van der Waals surface area contributed by atoms with Gasteiger partial charge >= 0.3 is 0 Å². The third kappa shape index (κ3) is 7.73. The SMILES string of the molecule is CC[Si](CC)(CC)O[C@H](CC=O)[C@@](C)(CCCO[Si](C)(C)C(C)(C)C)OC. The van der Waals surface area contributed by atoms with Crippen LogP contribution in [0.4, 0.5) is 0 Å². The van der Waals surface area contributed by atoms with E-state index in [2.05, 4.69) is 61.6 Å². The first-order chi connectivity index (χ1) is 12.4. The van der Waals surface area contributed by atoms with Gasteiger partial charge in [-0.2, -0.15) is 0 Å². The maximum atomic E-state index is 11.4. The summed E-state index contributed by atoms with van der Waals surface area (Å²) in [4.78, 5) is 11.4. The molecule has 0 amide bonds. The Morgan fingerprint density at radius 1 is 1.00 bits per heavy atom. The molecule has 2 atom stereocenters. The van der Waals surface area contributed by atoms with Crippen molar-refractivity contribution in [3.05, 3.63) is 0 Å². The Bertz CT molecular complexity index is 422. The van der Waals surface area contributed by atoms with Crippen molar-refractivity contribution in [3.63, 3.8) is 0 Å². The van der Waals surface area contributed by atoms with Crippen LogP contribution in [0.5, 0.6) is 0 Å². The summed E-state index contributed by atoms with van der Waals surface area (Å²) in [5.74, 6) is 0. The predicted molar refractivity (Wildman–Crippen MR) is 121 cm³/mol. The lowest BCUT2D eigenvalue weighted by Gasteiger charge is -2.42. The van der Waals surface area contributed by atoms with Crippen molar-refractivity contribution in [1.29, 1.82) is 0 Å². The fraction of sp³-hybridized carbons (Fsp3) is 0.952. The van der Waals surface area contributed by atoms with Crippen molar-refractivity contribution in [2.24, 2.45) is 0 Å². The quantitative estimate of drug-likeness (QED) is 0.192. The van der Waals surface area contributed by atoms with Crippen molar-refractivity contribution in [1.82, 2.24) is 0 Å². The van der Waals surface area contributed by atoms with Gasteiger partial charge in [0.05, 0.1) is 11.7 Å². The lowest BCUT2D eigenvalue weighted by atomic mass is 9.91. The topological polar surface area (TPSA) is 44.8 Å². The molecule has 27 heavy (non-hydrogen) atoms. The Kier molecular flexibility index (Phi) is 11.2. The molecule has 0 unspecified atom stereocenters. The Balaban J connectivity index is 5.08. The van der Waals surface area contributed by atoms with Gasteiger partial charge in [0, 0.05) is 20.1 Å². The predicted octanol–water partition coefficient (Wildman–Crippen LogP) is 6.17. The molecule has 4 nitrogen and oxygen atoms in total. The minimum absolute atomic E-state index is 0.181. The summed E-state index contributed by atoms with van der Waals surface area (Å²) < 4.78 is 18.9. The van der Waals surface area contributed by atoms with Crippen molar-refractivity contribution < 1.29 is 18.4 Å². The van der Waals surface area contributed by atoms with E-state index >= 15 is 0 Å². The Labute approximate surface area is 171 Å². The Morgan fingerprint density at radius 2 is 1.52 bits per heavy atom. The molecule has 0 rings (SSSR count). The molecule has 0 saturated heterocycles. The molecule has 0 aliphatic rings. The fourth-order valence-corrected chi connectivity index (χ4v) is 7.21. The average Bonchev–Trinajstić information content (AvgIpc) is 2.61. The number of rotatable bonds is 14. The van der Waals surface area contributed by atoms with Crippen LogP contribution in [-0.4, -0.2) is 48.3 Å². The Morgan fingerprint density at radius 3 is 1.89 bits per heavy atom. The molecule has 0 radical (unpaired) electrons. The van der Waals surface area contributed by atoms with Crippen LogP contribution in [0.2, 0.25) is 36.3 Å². The molecule has 0 aliphatic heterocycles. The van der Waals surface area contributed by atoms with Gasteiger partial charge in [0.2, 0.25) is 0 Å². The van der Waals surface area contributed by atoms with E-state index in [1.807, 2.05) is 0 Å². The fourth-order valence-electron chi connectivity index (χ4n) is 3.17. The summed E-state index contributed by atoms with van der Waals surface area (Å²) in [5.41, 5.74) is -0.463. The van der Waals surface area contributed by atoms with Crippen LogP contribution in [0.25, 0.3) is 0 Å². The number of hydrogen-bond acceptors (Lipinski definition) is 4. The minimum Gasteiger partial charge on any atom is -0.417 e. The zero-order valence-electron chi connectivity index (χ0n) is 19.7. The highest BCUT2D eigenvalue weighted by atomic mass is 28.4. The molecule has 0 fully saturated rings. The number of methoxy groups -OCH3 is 1. The average molecular weight is 419 g/mol. The molecular weight excluding hydrogens is 372 g/mol. The van der Waals surface area contributed by atoms with Gasteiger partial charge < -0.3 is 18.4 Å². The lowest BCUT2D eigenvalue weighted by molar-refractivity contribution is -0.119. The normalized spacial score (nSPS) is 16.8. The molecule has 0 aromatic carbocycles. The van der Waals surface area contributed by atoms with Crippen molar-refractivity contribution >= 4 is 22.9 Å².